The fraction of sp³-hybridized carbons (Fsp3) is 0.267. The lowest BCUT2D eigenvalue weighted by Gasteiger charge is -2.22. The molecule has 1 aromatic heterocycles. The Balaban J connectivity index is 1.69. The Labute approximate surface area is 132 Å². The van der Waals surface area contributed by atoms with Crippen LogP contribution in [0.2, 0.25) is 0 Å². The van der Waals surface area contributed by atoms with Crippen LogP contribution in [0.25, 0.3) is 0 Å². The molecule has 1 saturated heterocycles. The molecule has 1 N–H and O–H groups in total. The van der Waals surface area contributed by atoms with Crippen molar-refractivity contribution in [3.05, 3.63) is 48.4 Å². The zero-order valence-corrected chi connectivity index (χ0v) is 13.2. The van der Waals surface area contributed by atoms with Crippen LogP contribution in [0.15, 0.2) is 52.0 Å². The monoisotopic (exact) mass is 320 g/mol. The van der Waals surface area contributed by atoms with Gasteiger partial charge in [-0.05, 0) is 42.7 Å². The molecular formula is C15H16N2O2S2. The molecular weight excluding hydrogens is 304 g/mol. The normalized spacial score (nSPS) is 18.0. The van der Waals surface area contributed by atoms with Crippen molar-refractivity contribution in [3.8, 4) is 0 Å². The smallest absolute Gasteiger partial charge is 0.323 e. The first-order valence-corrected chi connectivity index (χ1v) is 8.92. The Bertz CT molecular complexity index is 599. The summed E-state index contributed by atoms with van der Waals surface area (Å²) in [6, 6.07) is 11.5. The summed E-state index contributed by atoms with van der Waals surface area (Å²) in [5.74, 6) is 1.75. The minimum absolute atomic E-state index is 0.0366. The highest BCUT2D eigenvalue weighted by Gasteiger charge is 2.32. The Kier molecular flexibility index (Phi) is 4.45. The van der Waals surface area contributed by atoms with Crippen molar-refractivity contribution >= 4 is 35.2 Å². The van der Waals surface area contributed by atoms with Gasteiger partial charge >= 0.3 is 6.03 Å². The number of carbonyl (C=O) groups excluding carboxylic acids is 1. The van der Waals surface area contributed by atoms with E-state index in [4.69, 9.17) is 4.42 Å². The predicted octanol–water partition coefficient (Wildman–Crippen LogP) is 4.28. The topological polar surface area (TPSA) is 45.5 Å². The predicted molar refractivity (Wildman–Crippen MR) is 87.9 cm³/mol. The number of amides is 2. The lowest BCUT2D eigenvalue weighted by atomic mass is 10.3. The summed E-state index contributed by atoms with van der Waals surface area (Å²) in [6.45, 7) is 0.727. The molecule has 2 amide bonds. The van der Waals surface area contributed by atoms with Crippen LogP contribution in [-0.2, 0) is 0 Å². The van der Waals surface area contributed by atoms with Crippen molar-refractivity contribution in [2.24, 2.45) is 0 Å². The van der Waals surface area contributed by atoms with Crippen molar-refractivity contribution in [1.82, 2.24) is 4.90 Å². The number of urea groups is 1. The van der Waals surface area contributed by atoms with E-state index in [-0.39, 0.29) is 11.4 Å². The fourth-order valence-corrected chi connectivity index (χ4v) is 3.83. The summed E-state index contributed by atoms with van der Waals surface area (Å²) >= 11 is 3.40. The Morgan fingerprint density at radius 1 is 1.38 bits per heavy atom. The average Bonchev–Trinajstić information content (AvgIpc) is 3.18. The molecule has 21 heavy (non-hydrogen) atoms. The minimum Gasteiger partial charge on any atom is -0.466 e. The van der Waals surface area contributed by atoms with Gasteiger partial charge in [-0.2, -0.15) is 0 Å². The van der Waals surface area contributed by atoms with Gasteiger partial charge in [0.1, 0.15) is 11.1 Å². The molecule has 1 aliphatic rings. The van der Waals surface area contributed by atoms with Crippen molar-refractivity contribution in [1.29, 1.82) is 0 Å². The van der Waals surface area contributed by atoms with E-state index >= 15 is 0 Å². The number of anilines is 1. The SMILES string of the molecule is CSc1ccc(NC(=O)N2CCS[C@H]2c2ccco2)cc1. The van der Waals surface area contributed by atoms with E-state index in [2.05, 4.69) is 5.32 Å². The van der Waals surface area contributed by atoms with Gasteiger partial charge in [-0.3, -0.25) is 0 Å². The van der Waals surface area contributed by atoms with E-state index in [1.807, 2.05) is 47.6 Å². The molecule has 4 nitrogen and oxygen atoms in total. The molecule has 1 aliphatic heterocycles. The van der Waals surface area contributed by atoms with Gasteiger partial charge in [0.25, 0.3) is 0 Å². The van der Waals surface area contributed by atoms with Crippen molar-refractivity contribution in [2.45, 2.75) is 10.3 Å². The van der Waals surface area contributed by atoms with Crippen LogP contribution in [0.1, 0.15) is 11.1 Å². The van der Waals surface area contributed by atoms with Gasteiger partial charge in [0.2, 0.25) is 0 Å². The summed E-state index contributed by atoms with van der Waals surface area (Å²) in [4.78, 5) is 15.4. The zero-order valence-electron chi connectivity index (χ0n) is 11.6. The molecule has 0 unspecified atom stereocenters. The van der Waals surface area contributed by atoms with E-state index in [0.717, 1.165) is 23.7 Å². The van der Waals surface area contributed by atoms with E-state index < -0.39 is 0 Å². The molecule has 2 heterocycles. The maximum Gasteiger partial charge on any atom is 0.323 e. The van der Waals surface area contributed by atoms with Crippen LogP contribution < -0.4 is 5.32 Å². The Morgan fingerprint density at radius 3 is 2.86 bits per heavy atom. The van der Waals surface area contributed by atoms with Crippen molar-refractivity contribution in [2.75, 3.05) is 23.9 Å². The summed E-state index contributed by atoms with van der Waals surface area (Å²) < 4.78 is 5.43. The second kappa shape index (κ2) is 6.49. The van der Waals surface area contributed by atoms with Gasteiger partial charge in [-0.25, -0.2) is 4.79 Å². The van der Waals surface area contributed by atoms with Crippen LogP contribution in [-0.4, -0.2) is 29.5 Å². The van der Waals surface area contributed by atoms with E-state index in [9.17, 15) is 4.79 Å². The van der Waals surface area contributed by atoms with Crippen LogP contribution in [0, 0.1) is 0 Å². The van der Waals surface area contributed by atoms with Crippen LogP contribution in [0.4, 0.5) is 10.5 Å². The van der Waals surface area contributed by atoms with Crippen molar-refractivity contribution < 1.29 is 9.21 Å². The van der Waals surface area contributed by atoms with E-state index in [0.29, 0.717) is 0 Å². The van der Waals surface area contributed by atoms with Crippen LogP contribution in [0.3, 0.4) is 0 Å². The molecule has 1 aromatic carbocycles. The van der Waals surface area contributed by atoms with Crippen LogP contribution in [0.5, 0.6) is 0 Å². The third-order valence-electron chi connectivity index (χ3n) is 3.28. The fourth-order valence-electron chi connectivity index (χ4n) is 2.22. The zero-order chi connectivity index (χ0) is 14.7. The highest BCUT2D eigenvalue weighted by Crippen LogP contribution is 2.38. The number of carbonyl (C=O) groups is 1. The number of hydrogen-bond donors (Lipinski definition) is 1. The number of rotatable bonds is 3. The molecule has 110 valence electrons. The summed E-state index contributed by atoms with van der Waals surface area (Å²) in [6.07, 6.45) is 3.68. The molecule has 1 atom stereocenters. The molecule has 6 heteroatoms. The lowest BCUT2D eigenvalue weighted by molar-refractivity contribution is 0.210. The summed E-state index contributed by atoms with van der Waals surface area (Å²) in [7, 11) is 0. The molecule has 0 bridgehead atoms. The molecule has 0 spiro atoms. The van der Waals surface area contributed by atoms with Gasteiger partial charge in [-0.1, -0.05) is 0 Å². The van der Waals surface area contributed by atoms with Gasteiger partial charge < -0.3 is 14.6 Å². The molecule has 3 rings (SSSR count). The highest BCUT2D eigenvalue weighted by atomic mass is 32.2. The van der Waals surface area contributed by atoms with Gasteiger partial charge in [0, 0.05) is 22.9 Å². The number of benzene rings is 1. The standard InChI is InChI=1S/C15H16N2O2S2/c1-20-12-6-4-11(5-7-12)16-15(18)17-8-10-21-14(17)13-3-2-9-19-13/h2-7,9,14H,8,10H2,1H3,(H,16,18)/t14-/m0/s1. The number of nitrogens with one attached hydrogen (secondary N) is 1. The number of furan rings is 1. The summed E-state index contributed by atoms with van der Waals surface area (Å²) in [5.41, 5.74) is 0.813. The molecule has 2 aromatic rings. The first-order valence-electron chi connectivity index (χ1n) is 6.64. The summed E-state index contributed by atoms with van der Waals surface area (Å²) in [5, 5.41) is 2.91. The van der Waals surface area contributed by atoms with Gasteiger partial charge in [0.15, 0.2) is 0 Å². The van der Waals surface area contributed by atoms with E-state index in [1.165, 1.54) is 4.90 Å². The molecule has 0 radical (unpaired) electrons. The molecule has 0 saturated carbocycles. The first kappa shape index (κ1) is 14.4. The van der Waals surface area contributed by atoms with Crippen molar-refractivity contribution in [3.63, 3.8) is 0 Å². The molecule has 1 fully saturated rings. The maximum absolute atomic E-state index is 12.4. The maximum atomic E-state index is 12.4. The number of thioether (sulfide) groups is 2. The number of hydrogen-bond acceptors (Lipinski definition) is 4. The molecule has 0 aliphatic carbocycles. The van der Waals surface area contributed by atoms with Gasteiger partial charge in [0.05, 0.1) is 6.26 Å². The van der Waals surface area contributed by atoms with Crippen LogP contribution >= 0.6 is 23.5 Å². The lowest BCUT2D eigenvalue weighted by Crippen LogP contribution is -2.34. The largest absolute Gasteiger partial charge is 0.466 e. The third-order valence-corrected chi connectivity index (χ3v) is 5.24. The highest BCUT2D eigenvalue weighted by molar-refractivity contribution is 7.99. The van der Waals surface area contributed by atoms with Gasteiger partial charge in [-0.15, -0.1) is 23.5 Å². The third kappa shape index (κ3) is 3.22. The minimum atomic E-state index is -0.0849. The van der Waals surface area contributed by atoms with E-state index in [1.54, 1.807) is 29.8 Å². The number of nitrogens with zero attached hydrogens (tertiary/aromatic N) is 1. The Hall–Kier alpha value is -1.53. The second-order valence-corrected chi connectivity index (χ2v) is 6.66. The second-order valence-electron chi connectivity index (χ2n) is 4.59. The quantitative estimate of drug-likeness (QED) is 0.857. The Morgan fingerprint density at radius 2 is 2.19 bits per heavy atom. The average molecular weight is 320 g/mol. The first-order chi connectivity index (χ1) is 10.3.